The van der Waals surface area contributed by atoms with Gasteiger partial charge in [-0.3, -0.25) is 9.69 Å². The molecule has 1 amide bonds. The number of nitrogens with one attached hydrogen (secondary N) is 1. The molecule has 21 heavy (non-hydrogen) atoms. The van der Waals surface area contributed by atoms with Gasteiger partial charge in [0.2, 0.25) is 5.91 Å². The van der Waals surface area contributed by atoms with Crippen molar-refractivity contribution in [3.8, 4) is 0 Å². The molecule has 2 rings (SSSR count). The summed E-state index contributed by atoms with van der Waals surface area (Å²) in [6.07, 6.45) is 3.06. The van der Waals surface area contributed by atoms with Gasteiger partial charge in [0.05, 0.1) is 11.9 Å². The first-order valence-corrected chi connectivity index (χ1v) is 8.81. The van der Waals surface area contributed by atoms with Gasteiger partial charge in [0.1, 0.15) is 0 Å². The molecule has 1 heterocycles. The standard InChI is InChI=1S/C16H24N2O2S/c1-21-13-16(19)17-10-15-12-18(8-5-9-20-15)11-14-6-3-2-4-7-14/h2-4,6-7,15H,5,8-13H2,1H3,(H,17,19)/t15-/m1/s1. The van der Waals surface area contributed by atoms with Gasteiger partial charge in [-0.15, -0.1) is 0 Å². The smallest absolute Gasteiger partial charge is 0.230 e. The molecular formula is C16H24N2O2S. The molecule has 1 atom stereocenters. The van der Waals surface area contributed by atoms with E-state index in [1.807, 2.05) is 12.3 Å². The Kier molecular flexibility index (Phi) is 7.06. The van der Waals surface area contributed by atoms with E-state index >= 15 is 0 Å². The van der Waals surface area contributed by atoms with Crippen LogP contribution >= 0.6 is 11.8 Å². The highest BCUT2D eigenvalue weighted by molar-refractivity contribution is 7.99. The van der Waals surface area contributed by atoms with Gasteiger partial charge in [-0.1, -0.05) is 30.3 Å². The van der Waals surface area contributed by atoms with Crippen molar-refractivity contribution in [2.45, 2.75) is 19.1 Å². The van der Waals surface area contributed by atoms with Crippen LogP contribution in [0.1, 0.15) is 12.0 Å². The fraction of sp³-hybridized carbons (Fsp3) is 0.562. The van der Waals surface area contributed by atoms with Crippen molar-refractivity contribution >= 4 is 17.7 Å². The van der Waals surface area contributed by atoms with Crippen molar-refractivity contribution in [1.29, 1.82) is 0 Å². The number of hydrogen-bond acceptors (Lipinski definition) is 4. The van der Waals surface area contributed by atoms with E-state index in [-0.39, 0.29) is 12.0 Å². The van der Waals surface area contributed by atoms with Crippen LogP contribution in [0.15, 0.2) is 30.3 Å². The van der Waals surface area contributed by atoms with Gasteiger partial charge < -0.3 is 10.1 Å². The molecule has 0 unspecified atom stereocenters. The molecule has 116 valence electrons. The maximum atomic E-state index is 11.5. The Morgan fingerprint density at radius 2 is 2.24 bits per heavy atom. The van der Waals surface area contributed by atoms with Crippen LogP contribution in [-0.4, -0.2) is 55.2 Å². The Hall–Kier alpha value is -1.04. The number of ether oxygens (including phenoxy) is 1. The van der Waals surface area contributed by atoms with Crippen molar-refractivity contribution in [2.24, 2.45) is 0 Å². The van der Waals surface area contributed by atoms with Crippen LogP contribution < -0.4 is 5.32 Å². The summed E-state index contributed by atoms with van der Waals surface area (Å²) in [5.41, 5.74) is 1.32. The second kappa shape index (κ2) is 9.07. The lowest BCUT2D eigenvalue weighted by Crippen LogP contribution is -2.40. The molecule has 1 aliphatic rings. The van der Waals surface area contributed by atoms with E-state index in [1.54, 1.807) is 0 Å². The fourth-order valence-electron chi connectivity index (χ4n) is 2.49. The SMILES string of the molecule is CSCC(=O)NC[C@@H]1CN(Cc2ccccc2)CCCO1. The number of carbonyl (C=O) groups is 1. The number of rotatable bonds is 6. The van der Waals surface area contributed by atoms with E-state index in [1.165, 1.54) is 17.3 Å². The third-order valence-corrected chi connectivity index (χ3v) is 4.04. The van der Waals surface area contributed by atoms with Crippen LogP contribution in [0.25, 0.3) is 0 Å². The molecule has 0 bridgehead atoms. The predicted octanol–water partition coefficient (Wildman–Crippen LogP) is 1.76. The zero-order chi connectivity index (χ0) is 14.9. The molecule has 1 fully saturated rings. The molecule has 1 aromatic rings. The van der Waals surface area contributed by atoms with E-state index in [0.29, 0.717) is 12.3 Å². The van der Waals surface area contributed by atoms with Crippen LogP contribution in [0.3, 0.4) is 0 Å². The number of carbonyl (C=O) groups excluding carboxylic acids is 1. The largest absolute Gasteiger partial charge is 0.375 e. The molecule has 0 spiro atoms. The Morgan fingerprint density at radius 1 is 1.43 bits per heavy atom. The Morgan fingerprint density at radius 3 is 3.00 bits per heavy atom. The topological polar surface area (TPSA) is 41.6 Å². The summed E-state index contributed by atoms with van der Waals surface area (Å²) in [4.78, 5) is 14.0. The number of thioether (sulfide) groups is 1. The summed E-state index contributed by atoms with van der Waals surface area (Å²) in [6, 6.07) is 10.5. The maximum absolute atomic E-state index is 11.5. The maximum Gasteiger partial charge on any atom is 0.230 e. The van der Waals surface area contributed by atoms with Gasteiger partial charge in [0, 0.05) is 32.8 Å². The summed E-state index contributed by atoms with van der Waals surface area (Å²) in [5.74, 6) is 0.602. The molecule has 1 aliphatic heterocycles. The predicted molar refractivity (Wildman–Crippen MR) is 87.5 cm³/mol. The third kappa shape index (κ3) is 6.08. The monoisotopic (exact) mass is 308 g/mol. The Balaban J connectivity index is 1.82. The second-order valence-electron chi connectivity index (χ2n) is 5.30. The lowest BCUT2D eigenvalue weighted by molar-refractivity contribution is -0.119. The first kappa shape index (κ1) is 16.3. The highest BCUT2D eigenvalue weighted by Crippen LogP contribution is 2.10. The first-order valence-electron chi connectivity index (χ1n) is 7.41. The van der Waals surface area contributed by atoms with Crippen molar-refractivity contribution in [1.82, 2.24) is 10.2 Å². The van der Waals surface area contributed by atoms with Crippen LogP contribution in [0.4, 0.5) is 0 Å². The second-order valence-corrected chi connectivity index (χ2v) is 6.17. The molecule has 4 nitrogen and oxygen atoms in total. The van der Waals surface area contributed by atoms with E-state index in [2.05, 4.69) is 34.5 Å². The molecule has 0 saturated carbocycles. The number of hydrogen-bond donors (Lipinski definition) is 1. The molecular weight excluding hydrogens is 284 g/mol. The first-order chi connectivity index (χ1) is 10.3. The number of amides is 1. The minimum absolute atomic E-state index is 0.0852. The van der Waals surface area contributed by atoms with E-state index in [4.69, 9.17) is 4.74 Å². The lowest BCUT2D eigenvalue weighted by Gasteiger charge is -2.24. The average molecular weight is 308 g/mol. The zero-order valence-corrected chi connectivity index (χ0v) is 13.4. The van der Waals surface area contributed by atoms with Crippen LogP contribution in [0.2, 0.25) is 0 Å². The quantitative estimate of drug-likeness (QED) is 0.869. The molecule has 1 saturated heterocycles. The fourth-order valence-corrected chi connectivity index (χ4v) is 2.85. The van der Waals surface area contributed by atoms with Crippen LogP contribution in [0, 0.1) is 0 Å². The van der Waals surface area contributed by atoms with Gasteiger partial charge in [-0.05, 0) is 18.2 Å². The number of nitrogens with zero attached hydrogens (tertiary/aromatic N) is 1. The van der Waals surface area contributed by atoms with Gasteiger partial charge >= 0.3 is 0 Å². The van der Waals surface area contributed by atoms with Gasteiger partial charge in [-0.25, -0.2) is 0 Å². The van der Waals surface area contributed by atoms with Crippen LogP contribution in [-0.2, 0) is 16.1 Å². The molecule has 5 heteroatoms. The highest BCUT2D eigenvalue weighted by atomic mass is 32.2. The summed E-state index contributed by atoms with van der Waals surface area (Å²) >= 11 is 1.54. The zero-order valence-electron chi connectivity index (χ0n) is 12.6. The highest BCUT2D eigenvalue weighted by Gasteiger charge is 2.19. The normalized spacial score (nSPS) is 20.0. The molecule has 0 aromatic heterocycles. The minimum Gasteiger partial charge on any atom is -0.375 e. The van der Waals surface area contributed by atoms with Gasteiger partial charge in [0.25, 0.3) is 0 Å². The minimum atomic E-state index is 0.0852. The molecule has 0 aliphatic carbocycles. The van der Waals surface area contributed by atoms with Crippen molar-refractivity contribution in [3.05, 3.63) is 35.9 Å². The van der Waals surface area contributed by atoms with E-state index in [9.17, 15) is 4.79 Å². The van der Waals surface area contributed by atoms with Crippen molar-refractivity contribution < 1.29 is 9.53 Å². The summed E-state index contributed by atoms with van der Waals surface area (Å²) < 4.78 is 5.84. The Bertz CT molecular complexity index is 428. The summed E-state index contributed by atoms with van der Waals surface area (Å²) in [6.45, 7) is 4.23. The van der Waals surface area contributed by atoms with Gasteiger partial charge in [0.15, 0.2) is 0 Å². The van der Waals surface area contributed by atoms with Crippen LogP contribution in [0.5, 0.6) is 0 Å². The third-order valence-electron chi connectivity index (χ3n) is 3.49. The average Bonchev–Trinajstić information content (AvgIpc) is 2.72. The van der Waals surface area contributed by atoms with Crippen molar-refractivity contribution in [3.63, 3.8) is 0 Å². The lowest BCUT2D eigenvalue weighted by atomic mass is 10.2. The molecule has 0 radical (unpaired) electrons. The van der Waals surface area contributed by atoms with E-state index < -0.39 is 0 Å². The Labute approximate surface area is 131 Å². The summed E-state index contributed by atoms with van der Waals surface area (Å²) in [5, 5.41) is 2.95. The molecule has 1 N–H and O–H groups in total. The molecule has 1 aromatic carbocycles. The van der Waals surface area contributed by atoms with Crippen molar-refractivity contribution in [2.75, 3.05) is 38.2 Å². The number of benzene rings is 1. The summed E-state index contributed by atoms with van der Waals surface area (Å²) in [7, 11) is 0. The van der Waals surface area contributed by atoms with E-state index in [0.717, 1.165) is 32.7 Å². The van der Waals surface area contributed by atoms with Gasteiger partial charge in [-0.2, -0.15) is 11.8 Å².